The fourth-order valence-electron chi connectivity index (χ4n) is 0.761. The Morgan fingerprint density at radius 1 is 1.75 bits per heavy atom. The molecule has 0 amide bonds. The Hall–Kier alpha value is -0.830. The third-order valence-corrected chi connectivity index (χ3v) is 2.53. The lowest BCUT2D eigenvalue weighted by molar-refractivity contribution is 1.04. The highest BCUT2D eigenvalue weighted by molar-refractivity contribution is 7.13. The summed E-state index contributed by atoms with van der Waals surface area (Å²) in [7, 11) is 0. The highest BCUT2D eigenvalue weighted by Crippen LogP contribution is 2.14. The number of nitrogens with one attached hydrogen (secondary N) is 1. The quantitative estimate of drug-likeness (QED) is 0.724. The van der Waals surface area contributed by atoms with Gasteiger partial charge in [-0.3, -0.25) is 0 Å². The summed E-state index contributed by atoms with van der Waals surface area (Å²) in [6.45, 7) is 8.85. The van der Waals surface area contributed by atoms with Crippen LogP contribution in [-0.2, 0) is 0 Å². The second-order valence-electron chi connectivity index (χ2n) is 2.75. The molecule has 1 rings (SSSR count). The molecule has 0 fully saturated rings. The number of nitrogens with zero attached hydrogens (tertiary/aromatic N) is 1. The van der Waals surface area contributed by atoms with Crippen LogP contribution in [0.15, 0.2) is 17.5 Å². The lowest BCUT2D eigenvalue weighted by atomic mass is 10.2. The minimum atomic E-state index is 0.837. The smallest absolute Gasteiger partial charge is 0.183 e. The van der Waals surface area contributed by atoms with Crippen LogP contribution < -0.4 is 5.32 Å². The predicted octanol–water partition coefficient (Wildman–Crippen LogP) is 2.83. The first-order chi connectivity index (χ1) is 5.72. The van der Waals surface area contributed by atoms with Crippen LogP contribution in [0.3, 0.4) is 0 Å². The van der Waals surface area contributed by atoms with Gasteiger partial charge in [-0.2, -0.15) is 0 Å². The number of aryl methyl sites for hydroxylation is 1. The van der Waals surface area contributed by atoms with Crippen LogP contribution >= 0.6 is 11.3 Å². The topological polar surface area (TPSA) is 24.9 Å². The second-order valence-corrected chi connectivity index (χ2v) is 3.61. The summed E-state index contributed by atoms with van der Waals surface area (Å²) in [5.41, 5.74) is 2.28. The maximum absolute atomic E-state index is 4.28. The van der Waals surface area contributed by atoms with Crippen molar-refractivity contribution in [2.45, 2.75) is 20.3 Å². The first-order valence-electron chi connectivity index (χ1n) is 4.05. The molecule has 0 unspecified atom stereocenters. The van der Waals surface area contributed by atoms with E-state index in [2.05, 4.69) is 23.8 Å². The number of thiazole rings is 1. The van der Waals surface area contributed by atoms with Gasteiger partial charge >= 0.3 is 0 Å². The standard InChI is InChI=1S/C9H14N2S/c1-4-7(2)5-10-9-11-8(3)6-12-9/h6H,2,4-5H2,1,3H3,(H,10,11). The van der Waals surface area contributed by atoms with Gasteiger partial charge in [-0.15, -0.1) is 11.3 Å². The molecule has 0 saturated carbocycles. The molecule has 0 aliphatic rings. The highest BCUT2D eigenvalue weighted by Gasteiger charge is 1.96. The van der Waals surface area contributed by atoms with Gasteiger partial charge in [0.05, 0.1) is 5.69 Å². The van der Waals surface area contributed by atoms with Crippen LogP contribution in [-0.4, -0.2) is 11.5 Å². The van der Waals surface area contributed by atoms with Gasteiger partial charge in [0.1, 0.15) is 0 Å². The van der Waals surface area contributed by atoms with Crippen molar-refractivity contribution in [3.05, 3.63) is 23.2 Å². The Labute approximate surface area is 77.3 Å². The van der Waals surface area contributed by atoms with E-state index in [0.29, 0.717) is 0 Å². The van der Waals surface area contributed by atoms with Gasteiger partial charge in [0.2, 0.25) is 0 Å². The Balaban J connectivity index is 2.38. The van der Waals surface area contributed by atoms with E-state index in [9.17, 15) is 0 Å². The summed E-state index contributed by atoms with van der Waals surface area (Å²) in [5, 5.41) is 6.25. The Bertz CT molecular complexity index is 265. The normalized spacial score (nSPS) is 9.83. The molecular formula is C9H14N2S. The monoisotopic (exact) mass is 182 g/mol. The Kier molecular flexibility index (Phi) is 3.29. The molecule has 0 aromatic carbocycles. The zero-order chi connectivity index (χ0) is 8.97. The van der Waals surface area contributed by atoms with Crippen molar-refractivity contribution in [1.29, 1.82) is 0 Å². The van der Waals surface area contributed by atoms with Crippen molar-refractivity contribution in [2.75, 3.05) is 11.9 Å². The molecule has 0 saturated heterocycles. The fraction of sp³-hybridized carbons (Fsp3) is 0.444. The molecule has 0 aliphatic carbocycles. The molecule has 0 aliphatic heterocycles. The van der Waals surface area contributed by atoms with E-state index in [1.165, 1.54) is 5.57 Å². The lowest BCUT2D eigenvalue weighted by Gasteiger charge is -2.02. The SMILES string of the molecule is C=C(CC)CNc1nc(C)cs1. The van der Waals surface area contributed by atoms with E-state index in [4.69, 9.17) is 0 Å². The van der Waals surface area contributed by atoms with Crippen LogP contribution in [0, 0.1) is 6.92 Å². The second kappa shape index (κ2) is 4.26. The maximum Gasteiger partial charge on any atom is 0.183 e. The van der Waals surface area contributed by atoms with Crippen molar-refractivity contribution >= 4 is 16.5 Å². The van der Waals surface area contributed by atoms with Crippen LogP contribution in [0.2, 0.25) is 0 Å². The average molecular weight is 182 g/mol. The number of hydrogen-bond donors (Lipinski definition) is 1. The van der Waals surface area contributed by atoms with Gasteiger partial charge < -0.3 is 5.32 Å². The zero-order valence-corrected chi connectivity index (χ0v) is 8.37. The lowest BCUT2D eigenvalue weighted by Crippen LogP contribution is -2.02. The molecule has 1 N–H and O–H groups in total. The Morgan fingerprint density at radius 2 is 2.50 bits per heavy atom. The first-order valence-corrected chi connectivity index (χ1v) is 4.93. The summed E-state index contributed by atoms with van der Waals surface area (Å²) in [5.74, 6) is 0. The third kappa shape index (κ3) is 2.66. The maximum atomic E-state index is 4.28. The third-order valence-electron chi connectivity index (χ3n) is 1.61. The van der Waals surface area contributed by atoms with E-state index >= 15 is 0 Å². The molecule has 0 bridgehead atoms. The van der Waals surface area contributed by atoms with Gasteiger partial charge in [0.15, 0.2) is 5.13 Å². The van der Waals surface area contributed by atoms with Gasteiger partial charge in [0, 0.05) is 11.9 Å². The van der Waals surface area contributed by atoms with E-state index in [0.717, 1.165) is 23.8 Å². The van der Waals surface area contributed by atoms with Crippen molar-refractivity contribution < 1.29 is 0 Å². The van der Waals surface area contributed by atoms with E-state index in [1.54, 1.807) is 11.3 Å². The molecule has 1 aromatic rings. The predicted molar refractivity (Wildman–Crippen MR) is 54.8 cm³/mol. The van der Waals surface area contributed by atoms with Crippen LogP contribution in [0.1, 0.15) is 19.0 Å². The Morgan fingerprint density at radius 3 is 3.00 bits per heavy atom. The van der Waals surface area contributed by atoms with Crippen LogP contribution in [0.25, 0.3) is 0 Å². The molecule has 3 heteroatoms. The van der Waals surface area contributed by atoms with Gasteiger partial charge in [-0.25, -0.2) is 4.98 Å². The van der Waals surface area contributed by atoms with Crippen molar-refractivity contribution in [1.82, 2.24) is 4.98 Å². The number of aromatic nitrogens is 1. The van der Waals surface area contributed by atoms with Crippen LogP contribution in [0.4, 0.5) is 5.13 Å². The largest absolute Gasteiger partial charge is 0.358 e. The van der Waals surface area contributed by atoms with Gasteiger partial charge in [0.25, 0.3) is 0 Å². The molecule has 2 nitrogen and oxygen atoms in total. The molecular weight excluding hydrogens is 168 g/mol. The highest BCUT2D eigenvalue weighted by atomic mass is 32.1. The van der Waals surface area contributed by atoms with E-state index < -0.39 is 0 Å². The molecule has 0 atom stereocenters. The number of anilines is 1. The molecule has 0 spiro atoms. The van der Waals surface area contributed by atoms with E-state index in [1.807, 2.05) is 12.3 Å². The summed E-state index contributed by atoms with van der Waals surface area (Å²) >= 11 is 1.64. The van der Waals surface area contributed by atoms with E-state index in [-0.39, 0.29) is 0 Å². The summed E-state index contributed by atoms with van der Waals surface area (Å²) in [4.78, 5) is 4.28. The van der Waals surface area contributed by atoms with Crippen LogP contribution in [0.5, 0.6) is 0 Å². The average Bonchev–Trinajstić information content (AvgIpc) is 2.47. The number of rotatable bonds is 4. The minimum Gasteiger partial charge on any atom is -0.358 e. The summed E-state index contributed by atoms with van der Waals surface area (Å²) < 4.78 is 0. The minimum absolute atomic E-state index is 0.837. The van der Waals surface area contributed by atoms with Crippen molar-refractivity contribution in [3.8, 4) is 0 Å². The molecule has 12 heavy (non-hydrogen) atoms. The first kappa shape index (κ1) is 9.26. The fourth-order valence-corrected chi connectivity index (χ4v) is 1.45. The van der Waals surface area contributed by atoms with Gasteiger partial charge in [-0.05, 0) is 13.3 Å². The zero-order valence-electron chi connectivity index (χ0n) is 7.55. The summed E-state index contributed by atoms with van der Waals surface area (Å²) in [6, 6.07) is 0. The summed E-state index contributed by atoms with van der Waals surface area (Å²) in [6.07, 6.45) is 1.03. The van der Waals surface area contributed by atoms with Crippen molar-refractivity contribution in [3.63, 3.8) is 0 Å². The van der Waals surface area contributed by atoms with Crippen molar-refractivity contribution in [2.24, 2.45) is 0 Å². The molecule has 1 aromatic heterocycles. The molecule has 66 valence electrons. The number of hydrogen-bond acceptors (Lipinski definition) is 3. The van der Waals surface area contributed by atoms with Gasteiger partial charge in [-0.1, -0.05) is 19.1 Å². The molecule has 1 heterocycles. The molecule has 0 radical (unpaired) electrons.